The summed E-state index contributed by atoms with van der Waals surface area (Å²) in [7, 11) is 3.08. The van der Waals surface area contributed by atoms with Gasteiger partial charge in [-0.25, -0.2) is 4.79 Å². The Bertz CT molecular complexity index is 543. The van der Waals surface area contributed by atoms with E-state index in [0.29, 0.717) is 24.5 Å². The molecule has 1 aromatic carbocycles. The molecular formula is C15H19NO5. The first kappa shape index (κ1) is 15.2. The molecule has 1 aliphatic heterocycles. The van der Waals surface area contributed by atoms with Gasteiger partial charge in [-0.1, -0.05) is 6.07 Å². The summed E-state index contributed by atoms with van der Waals surface area (Å²) in [6.45, 7) is 0.503. The van der Waals surface area contributed by atoms with Crippen LogP contribution in [-0.2, 0) is 16.0 Å². The summed E-state index contributed by atoms with van der Waals surface area (Å²) >= 11 is 0. The van der Waals surface area contributed by atoms with Crippen molar-refractivity contribution in [3.63, 3.8) is 0 Å². The molecule has 1 amide bonds. The molecule has 114 valence electrons. The van der Waals surface area contributed by atoms with Gasteiger partial charge >= 0.3 is 5.97 Å². The van der Waals surface area contributed by atoms with Gasteiger partial charge in [0.25, 0.3) is 0 Å². The Morgan fingerprint density at radius 3 is 2.62 bits per heavy atom. The van der Waals surface area contributed by atoms with E-state index in [1.165, 1.54) is 12.0 Å². The second-order valence-corrected chi connectivity index (χ2v) is 4.95. The Morgan fingerprint density at radius 1 is 1.29 bits per heavy atom. The summed E-state index contributed by atoms with van der Waals surface area (Å²) in [5, 5.41) is 9.12. The van der Waals surface area contributed by atoms with Gasteiger partial charge in [0.2, 0.25) is 5.91 Å². The monoisotopic (exact) mass is 293 g/mol. The fourth-order valence-electron chi connectivity index (χ4n) is 2.59. The summed E-state index contributed by atoms with van der Waals surface area (Å²) < 4.78 is 10.3. The number of carbonyl (C=O) groups is 2. The highest BCUT2D eigenvalue weighted by molar-refractivity contribution is 5.85. The Labute approximate surface area is 123 Å². The third kappa shape index (κ3) is 3.26. The number of hydrogen-bond acceptors (Lipinski definition) is 4. The van der Waals surface area contributed by atoms with Crippen LogP contribution in [-0.4, -0.2) is 48.7 Å². The van der Waals surface area contributed by atoms with Crippen molar-refractivity contribution in [2.45, 2.75) is 25.3 Å². The number of carboxylic acid groups (broad SMARTS) is 1. The van der Waals surface area contributed by atoms with E-state index in [1.54, 1.807) is 25.3 Å². The van der Waals surface area contributed by atoms with Gasteiger partial charge in [-0.2, -0.15) is 0 Å². The van der Waals surface area contributed by atoms with E-state index in [4.69, 9.17) is 14.6 Å². The minimum Gasteiger partial charge on any atom is -0.493 e. The number of amides is 1. The van der Waals surface area contributed by atoms with Crippen LogP contribution in [0.3, 0.4) is 0 Å². The van der Waals surface area contributed by atoms with Crippen LogP contribution in [0, 0.1) is 0 Å². The Balaban J connectivity index is 2.11. The van der Waals surface area contributed by atoms with Crippen molar-refractivity contribution >= 4 is 11.9 Å². The Morgan fingerprint density at radius 2 is 2.00 bits per heavy atom. The molecule has 1 heterocycles. The van der Waals surface area contributed by atoms with Crippen LogP contribution in [0.2, 0.25) is 0 Å². The molecule has 6 nitrogen and oxygen atoms in total. The average Bonchev–Trinajstić information content (AvgIpc) is 2.96. The number of rotatable bonds is 5. The van der Waals surface area contributed by atoms with Crippen LogP contribution >= 0.6 is 0 Å². The molecule has 6 heteroatoms. The van der Waals surface area contributed by atoms with Gasteiger partial charge in [0.15, 0.2) is 11.5 Å². The number of likely N-dealkylation sites (tertiary alicyclic amines) is 1. The molecule has 1 N–H and O–H groups in total. The van der Waals surface area contributed by atoms with Gasteiger partial charge in [0.1, 0.15) is 6.04 Å². The number of hydrogen-bond donors (Lipinski definition) is 1. The van der Waals surface area contributed by atoms with E-state index in [1.807, 2.05) is 0 Å². The van der Waals surface area contributed by atoms with E-state index in [9.17, 15) is 9.59 Å². The molecule has 0 bridgehead atoms. The highest BCUT2D eigenvalue weighted by Crippen LogP contribution is 2.28. The highest BCUT2D eigenvalue weighted by atomic mass is 16.5. The van der Waals surface area contributed by atoms with Crippen LogP contribution in [0.4, 0.5) is 0 Å². The van der Waals surface area contributed by atoms with E-state index in [0.717, 1.165) is 12.0 Å². The molecule has 1 aliphatic rings. The average molecular weight is 293 g/mol. The SMILES string of the molecule is COc1ccc(CC(=O)N2CCC[C@H]2C(=O)O)cc1OC. The normalized spacial score (nSPS) is 17.6. The Kier molecular flexibility index (Phi) is 4.67. The Hall–Kier alpha value is -2.24. The first-order valence-corrected chi connectivity index (χ1v) is 6.80. The van der Waals surface area contributed by atoms with Crippen LogP contribution in [0.1, 0.15) is 18.4 Å². The van der Waals surface area contributed by atoms with Crippen LogP contribution in [0.15, 0.2) is 18.2 Å². The maximum atomic E-state index is 12.3. The van der Waals surface area contributed by atoms with E-state index < -0.39 is 12.0 Å². The first-order valence-electron chi connectivity index (χ1n) is 6.80. The van der Waals surface area contributed by atoms with Gasteiger partial charge in [0.05, 0.1) is 20.6 Å². The van der Waals surface area contributed by atoms with Crippen LogP contribution in [0.25, 0.3) is 0 Å². The van der Waals surface area contributed by atoms with Gasteiger partial charge in [-0.05, 0) is 30.5 Å². The number of nitrogens with zero attached hydrogens (tertiary/aromatic N) is 1. The van der Waals surface area contributed by atoms with Gasteiger partial charge < -0.3 is 19.5 Å². The number of ether oxygens (including phenoxy) is 2. The summed E-state index contributed by atoms with van der Waals surface area (Å²) in [4.78, 5) is 24.8. The fourth-order valence-corrected chi connectivity index (χ4v) is 2.59. The molecule has 0 unspecified atom stereocenters. The van der Waals surface area contributed by atoms with Gasteiger partial charge in [0, 0.05) is 6.54 Å². The molecule has 21 heavy (non-hydrogen) atoms. The summed E-state index contributed by atoms with van der Waals surface area (Å²) in [6, 6.07) is 4.56. The largest absolute Gasteiger partial charge is 0.493 e. The smallest absolute Gasteiger partial charge is 0.326 e. The van der Waals surface area contributed by atoms with E-state index in [2.05, 4.69) is 0 Å². The number of carboxylic acids is 1. The zero-order valence-electron chi connectivity index (χ0n) is 12.2. The second kappa shape index (κ2) is 6.47. The second-order valence-electron chi connectivity index (χ2n) is 4.95. The topological polar surface area (TPSA) is 76.1 Å². The molecule has 1 saturated heterocycles. The maximum absolute atomic E-state index is 12.3. The molecule has 0 aliphatic carbocycles. The zero-order chi connectivity index (χ0) is 15.4. The van der Waals surface area contributed by atoms with Crippen molar-refractivity contribution in [2.75, 3.05) is 20.8 Å². The predicted octanol–water partition coefficient (Wildman–Crippen LogP) is 1.32. The zero-order valence-corrected chi connectivity index (χ0v) is 12.2. The lowest BCUT2D eigenvalue weighted by Gasteiger charge is -2.21. The lowest BCUT2D eigenvalue weighted by molar-refractivity contribution is -0.148. The maximum Gasteiger partial charge on any atom is 0.326 e. The number of methoxy groups -OCH3 is 2. The van der Waals surface area contributed by atoms with Crippen molar-refractivity contribution in [3.8, 4) is 11.5 Å². The first-order chi connectivity index (χ1) is 10.1. The van der Waals surface area contributed by atoms with Crippen molar-refractivity contribution in [3.05, 3.63) is 23.8 Å². The van der Waals surface area contributed by atoms with E-state index >= 15 is 0 Å². The van der Waals surface area contributed by atoms with Crippen molar-refractivity contribution in [2.24, 2.45) is 0 Å². The summed E-state index contributed by atoms with van der Waals surface area (Å²) in [5.41, 5.74) is 0.772. The number of aliphatic carboxylic acids is 1. The standard InChI is InChI=1S/C15H19NO5/c1-20-12-6-5-10(8-13(12)21-2)9-14(17)16-7-3-4-11(16)15(18)19/h5-6,8,11H,3-4,7,9H2,1-2H3,(H,18,19)/t11-/m0/s1. The highest BCUT2D eigenvalue weighted by Gasteiger charge is 2.33. The van der Waals surface area contributed by atoms with Gasteiger partial charge in [-0.15, -0.1) is 0 Å². The molecule has 0 spiro atoms. The van der Waals surface area contributed by atoms with Crippen LogP contribution < -0.4 is 9.47 Å². The van der Waals surface area contributed by atoms with Crippen molar-refractivity contribution in [1.82, 2.24) is 4.90 Å². The molecule has 1 atom stereocenters. The molecule has 2 rings (SSSR count). The molecular weight excluding hydrogens is 274 g/mol. The lowest BCUT2D eigenvalue weighted by Crippen LogP contribution is -2.41. The number of carbonyl (C=O) groups excluding carboxylic acids is 1. The van der Waals surface area contributed by atoms with Crippen LogP contribution in [0.5, 0.6) is 11.5 Å². The van der Waals surface area contributed by atoms with E-state index in [-0.39, 0.29) is 12.3 Å². The van der Waals surface area contributed by atoms with Crippen molar-refractivity contribution < 1.29 is 24.2 Å². The van der Waals surface area contributed by atoms with Gasteiger partial charge in [-0.3, -0.25) is 4.79 Å². The number of benzene rings is 1. The summed E-state index contributed by atoms with van der Waals surface area (Å²) in [5.74, 6) is 0.0394. The fraction of sp³-hybridized carbons (Fsp3) is 0.467. The minimum absolute atomic E-state index is 0.157. The molecule has 0 aromatic heterocycles. The predicted molar refractivity (Wildman–Crippen MR) is 75.6 cm³/mol. The molecule has 1 aromatic rings. The molecule has 1 fully saturated rings. The molecule has 0 radical (unpaired) electrons. The summed E-state index contributed by atoms with van der Waals surface area (Å²) in [6.07, 6.45) is 1.41. The third-order valence-electron chi connectivity index (χ3n) is 3.66. The lowest BCUT2D eigenvalue weighted by atomic mass is 10.1. The minimum atomic E-state index is -0.937. The van der Waals surface area contributed by atoms with Crippen molar-refractivity contribution in [1.29, 1.82) is 0 Å². The third-order valence-corrected chi connectivity index (χ3v) is 3.66. The quantitative estimate of drug-likeness (QED) is 0.886. The molecule has 0 saturated carbocycles.